The quantitative estimate of drug-likeness (QED) is 0.199. The Kier molecular flexibility index (Phi) is 6.72. The molecule has 180 valence electrons. The standard InChI is InChI=1S/C28H28N8/c1-20(2)26-18-35(27-14-13-23(33-34-27)21-8-4-3-5-9-21)16-17-36(26)28(31-19-29)32-25-12-6-11-24-22(25)10-7-15-30-24/h3-15,20,26H,16-18H2,1-2H3,(H,31,32). The van der Waals surface area contributed by atoms with Crippen molar-refractivity contribution in [2.75, 3.05) is 24.5 Å². The molecule has 2 aromatic heterocycles. The number of hydrogen-bond acceptors (Lipinski definition) is 6. The first-order valence-corrected chi connectivity index (χ1v) is 12.1. The van der Waals surface area contributed by atoms with Crippen molar-refractivity contribution < 1.29 is 0 Å². The Morgan fingerprint density at radius 3 is 2.61 bits per heavy atom. The SMILES string of the molecule is CC(C)C1CN(c2ccc(-c3ccccc3)nn2)CCN1C(=Nc1cccc2ncccc12)NC#N. The second-order valence-corrected chi connectivity index (χ2v) is 9.11. The molecule has 4 aromatic rings. The lowest BCUT2D eigenvalue weighted by Crippen LogP contribution is -2.59. The van der Waals surface area contributed by atoms with Crippen molar-refractivity contribution in [2.45, 2.75) is 19.9 Å². The molecular weight excluding hydrogens is 448 g/mol. The summed E-state index contributed by atoms with van der Waals surface area (Å²) in [4.78, 5) is 13.8. The second-order valence-electron chi connectivity index (χ2n) is 9.11. The highest BCUT2D eigenvalue weighted by Gasteiger charge is 2.32. The molecule has 3 heterocycles. The van der Waals surface area contributed by atoms with Crippen LogP contribution in [0.3, 0.4) is 0 Å². The van der Waals surface area contributed by atoms with E-state index in [1.54, 1.807) is 6.20 Å². The number of aromatic nitrogens is 3. The molecule has 1 aliphatic heterocycles. The van der Waals surface area contributed by atoms with Gasteiger partial charge in [0.05, 0.1) is 22.9 Å². The average molecular weight is 477 g/mol. The molecule has 0 bridgehead atoms. The third-order valence-electron chi connectivity index (χ3n) is 6.52. The number of guanidine groups is 1. The number of benzene rings is 2. The molecule has 0 amide bonds. The summed E-state index contributed by atoms with van der Waals surface area (Å²) >= 11 is 0. The molecule has 0 aliphatic carbocycles. The van der Waals surface area contributed by atoms with Gasteiger partial charge in [-0.05, 0) is 42.3 Å². The number of piperazine rings is 1. The zero-order chi connectivity index (χ0) is 24.9. The van der Waals surface area contributed by atoms with Gasteiger partial charge in [-0.1, -0.05) is 50.2 Å². The van der Waals surface area contributed by atoms with E-state index in [1.807, 2.05) is 72.8 Å². The van der Waals surface area contributed by atoms with Crippen LogP contribution >= 0.6 is 0 Å². The molecular formula is C28H28N8. The lowest BCUT2D eigenvalue weighted by atomic mass is 9.99. The summed E-state index contributed by atoms with van der Waals surface area (Å²) in [5, 5.41) is 22.3. The minimum atomic E-state index is 0.127. The molecule has 0 saturated carbocycles. The Hall–Kier alpha value is -4.51. The average Bonchev–Trinajstić information content (AvgIpc) is 2.93. The minimum absolute atomic E-state index is 0.127. The molecule has 36 heavy (non-hydrogen) atoms. The maximum Gasteiger partial charge on any atom is 0.213 e. The third-order valence-corrected chi connectivity index (χ3v) is 6.52. The number of pyridine rings is 1. The Balaban J connectivity index is 1.41. The fourth-order valence-corrected chi connectivity index (χ4v) is 4.62. The van der Waals surface area contributed by atoms with Crippen LogP contribution in [0.15, 0.2) is 84.0 Å². The van der Waals surface area contributed by atoms with E-state index in [2.05, 4.69) is 50.3 Å². The molecule has 5 rings (SSSR count). The van der Waals surface area contributed by atoms with Crippen LogP contribution in [0.5, 0.6) is 0 Å². The van der Waals surface area contributed by atoms with Gasteiger partial charge in [-0.15, -0.1) is 10.2 Å². The number of rotatable bonds is 4. The largest absolute Gasteiger partial charge is 0.351 e. The number of hydrogen-bond donors (Lipinski definition) is 1. The first-order valence-electron chi connectivity index (χ1n) is 12.1. The molecule has 8 heteroatoms. The summed E-state index contributed by atoms with van der Waals surface area (Å²) in [5.74, 6) is 1.73. The van der Waals surface area contributed by atoms with Gasteiger partial charge < -0.3 is 9.80 Å². The van der Waals surface area contributed by atoms with Crippen LogP contribution in [0.4, 0.5) is 11.5 Å². The van der Waals surface area contributed by atoms with Crippen molar-refractivity contribution >= 4 is 28.4 Å². The van der Waals surface area contributed by atoms with E-state index in [-0.39, 0.29) is 6.04 Å². The summed E-state index contributed by atoms with van der Waals surface area (Å²) in [6.07, 6.45) is 3.85. The van der Waals surface area contributed by atoms with Gasteiger partial charge in [0.25, 0.3) is 0 Å². The molecule has 1 saturated heterocycles. The normalized spacial score (nSPS) is 16.3. The third kappa shape index (κ3) is 4.82. The predicted octanol–water partition coefficient (Wildman–Crippen LogP) is 4.60. The van der Waals surface area contributed by atoms with E-state index in [1.165, 1.54) is 0 Å². The highest BCUT2D eigenvalue weighted by Crippen LogP contribution is 2.27. The Bertz CT molecular complexity index is 1390. The van der Waals surface area contributed by atoms with Crippen LogP contribution in [-0.4, -0.2) is 51.7 Å². The van der Waals surface area contributed by atoms with E-state index in [0.717, 1.165) is 46.8 Å². The van der Waals surface area contributed by atoms with Crippen molar-refractivity contribution in [3.63, 3.8) is 0 Å². The van der Waals surface area contributed by atoms with Gasteiger partial charge in [0.15, 0.2) is 12.0 Å². The highest BCUT2D eigenvalue weighted by atomic mass is 15.4. The van der Waals surface area contributed by atoms with Crippen molar-refractivity contribution in [1.82, 2.24) is 25.4 Å². The Morgan fingerprint density at radius 2 is 1.86 bits per heavy atom. The Morgan fingerprint density at radius 1 is 1.00 bits per heavy atom. The molecule has 2 aromatic carbocycles. The summed E-state index contributed by atoms with van der Waals surface area (Å²) in [5.41, 5.74) is 3.56. The number of aliphatic imine (C=N–C) groups is 1. The summed E-state index contributed by atoms with van der Waals surface area (Å²) in [7, 11) is 0. The van der Waals surface area contributed by atoms with E-state index in [9.17, 15) is 5.26 Å². The van der Waals surface area contributed by atoms with Crippen LogP contribution in [0.1, 0.15) is 13.8 Å². The highest BCUT2D eigenvalue weighted by molar-refractivity contribution is 5.94. The van der Waals surface area contributed by atoms with Crippen LogP contribution in [-0.2, 0) is 0 Å². The zero-order valence-corrected chi connectivity index (χ0v) is 20.4. The first-order chi connectivity index (χ1) is 17.6. The molecule has 1 fully saturated rings. The van der Waals surface area contributed by atoms with Crippen LogP contribution < -0.4 is 10.2 Å². The Labute approximate surface area is 210 Å². The van der Waals surface area contributed by atoms with E-state index in [4.69, 9.17) is 4.99 Å². The fraction of sp³-hybridized carbons (Fsp3) is 0.250. The first kappa shape index (κ1) is 23.2. The number of nitrogens with zero attached hydrogens (tertiary/aromatic N) is 7. The summed E-state index contributed by atoms with van der Waals surface area (Å²) < 4.78 is 0. The van der Waals surface area contributed by atoms with E-state index >= 15 is 0 Å². The summed E-state index contributed by atoms with van der Waals surface area (Å²) in [6.45, 7) is 6.57. The molecule has 0 spiro atoms. The maximum absolute atomic E-state index is 9.52. The zero-order valence-electron chi connectivity index (χ0n) is 20.4. The van der Waals surface area contributed by atoms with Crippen molar-refractivity contribution in [3.8, 4) is 17.5 Å². The van der Waals surface area contributed by atoms with Crippen LogP contribution in [0, 0.1) is 17.4 Å². The lowest BCUT2D eigenvalue weighted by Gasteiger charge is -2.44. The van der Waals surface area contributed by atoms with Gasteiger partial charge in [0, 0.05) is 36.8 Å². The van der Waals surface area contributed by atoms with Gasteiger partial charge >= 0.3 is 0 Å². The number of nitrogens with one attached hydrogen (secondary N) is 1. The van der Waals surface area contributed by atoms with Gasteiger partial charge in [-0.3, -0.25) is 10.3 Å². The number of anilines is 1. The molecule has 1 N–H and O–H groups in total. The van der Waals surface area contributed by atoms with Crippen molar-refractivity contribution in [3.05, 3.63) is 79.0 Å². The maximum atomic E-state index is 9.52. The van der Waals surface area contributed by atoms with Crippen LogP contribution in [0.25, 0.3) is 22.2 Å². The molecule has 1 aliphatic rings. The molecule has 8 nitrogen and oxygen atoms in total. The minimum Gasteiger partial charge on any atom is -0.351 e. The lowest BCUT2D eigenvalue weighted by molar-refractivity contribution is 0.220. The van der Waals surface area contributed by atoms with E-state index < -0.39 is 0 Å². The smallest absolute Gasteiger partial charge is 0.213 e. The van der Waals surface area contributed by atoms with Crippen LogP contribution in [0.2, 0.25) is 0 Å². The fourth-order valence-electron chi connectivity index (χ4n) is 4.62. The van der Waals surface area contributed by atoms with Gasteiger partial charge in [0.2, 0.25) is 5.96 Å². The topological polar surface area (TPSA) is 93.3 Å². The molecule has 0 radical (unpaired) electrons. The number of fused-ring (bicyclic) bond motifs is 1. The van der Waals surface area contributed by atoms with E-state index in [0.29, 0.717) is 18.4 Å². The summed E-state index contributed by atoms with van der Waals surface area (Å²) in [6, 6.07) is 24.0. The van der Waals surface area contributed by atoms with Crippen molar-refractivity contribution in [1.29, 1.82) is 5.26 Å². The monoisotopic (exact) mass is 476 g/mol. The van der Waals surface area contributed by atoms with Crippen molar-refractivity contribution in [2.24, 2.45) is 10.9 Å². The number of nitriles is 1. The van der Waals surface area contributed by atoms with Gasteiger partial charge in [-0.2, -0.15) is 5.26 Å². The second kappa shape index (κ2) is 10.4. The predicted molar refractivity (Wildman–Crippen MR) is 143 cm³/mol. The molecule has 1 unspecified atom stereocenters. The van der Waals surface area contributed by atoms with Gasteiger partial charge in [-0.25, -0.2) is 4.99 Å². The molecule has 1 atom stereocenters. The van der Waals surface area contributed by atoms with Gasteiger partial charge in [0.1, 0.15) is 0 Å².